The van der Waals surface area contributed by atoms with E-state index in [1.165, 1.54) is 20.3 Å². The average Bonchev–Trinajstić information content (AvgIpc) is 2.72. The molecule has 27 heavy (non-hydrogen) atoms. The zero-order chi connectivity index (χ0) is 19.4. The molecular formula is C22H17ClO4. The van der Waals surface area contributed by atoms with E-state index < -0.39 is 11.9 Å². The van der Waals surface area contributed by atoms with Gasteiger partial charge in [-0.2, -0.15) is 0 Å². The molecule has 0 aliphatic carbocycles. The average molecular weight is 381 g/mol. The number of ether oxygens (including phenoxy) is 2. The molecule has 4 nitrogen and oxygen atoms in total. The normalized spacial score (nSPS) is 10.3. The fourth-order valence-corrected chi connectivity index (χ4v) is 3.15. The molecule has 0 saturated heterocycles. The molecule has 5 heteroatoms. The van der Waals surface area contributed by atoms with Crippen LogP contribution in [0.3, 0.4) is 0 Å². The second kappa shape index (κ2) is 8.06. The second-order valence-corrected chi connectivity index (χ2v) is 6.18. The van der Waals surface area contributed by atoms with Gasteiger partial charge < -0.3 is 9.47 Å². The minimum absolute atomic E-state index is 0.241. The Balaban J connectivity index is 2.37. The molecule has 0 aliphatic rings. The van der Waals surface area contributed by atoms with Crippen LogP contribution in [0.2, 0.25) is 5.02 Å². The molecule has 0 amide bonds. The second-order valence-electron chi connectivity index (χ2n) is 5.77. The van der Waals surface area contributed by atoms with Crippen molar-refractivity contribution >= 4 is 23.5 Å². The van der Waals surface area contributed by atoms with Gasteiger partial charge in [-0.1, -0.05) is 60.1 Å². The van der Waals surface area contributed by atoms with Crippen LogP contribution in [-0.2, 0) is 9.47 Å². The third kappa shape index (κ3) is 3.71. The summed E-state index contributed by atoms with van der Waals surface area (Å²) in [5, 5.41) is 0.493. The van der Waals surface area contributed by atoms with Crippen LogP contribution in [0, 0.1) is 0 Å². The van der Waals surface area contributed by atoms with Gasteiger partial charge in [0.15, 0.2) is 0 Å². The van der Waals surface area contributed by atoms with E-state index in [2.05, 4.69) is 0 Å². The zero-order valence-corrected chi connectivity index (χ0v) is 15.6. The molecule has 0 heterocycles. The molecule has 0 bridgehead atoms. The minimum Gasteiger partial charge on any atom is -0.465 e. The number of esters is 2. The van der Waals surface area contributed by atoms with E-state index in [9.17, 15) is 9.59 Å². The number of rotatable bonds is 4. The molecular weight excluding hydrogens is 364 g/mol. The highest BCUT2D eigenvalue weighted by Gasteiger charge is 2.23. The van der Waals surface area contributed by atoms with Gasteiger partial charge in [0, 0.05) is 10.6 Å². The Labute approximate surface area is 162 Å². The quantitative estimate of drug-likeness (QED) is 0.580. The van der Waals surface area contributed by atoms with Gasteiger partial charge >= 0.3 is 11.9 Å². The maximum absolute atomic E-state index is 12.4. The number of hydrogen-bond donors (Lipinski definition) is 0. The topological polar surface area (TPSA) is 52.6 Å². The third-order valence-electron chi connectivity index (χ3n) is 4.22. The van der Waals surface area contributed by atoms with Gasteiger partial charge in [-0.3, -0.25) is 0 Å². The van der Waals surface area contributed by atoms with Crippen molar-refractivity contribution in [3.63, 3.8) is 0 Å². The molecule has 0 atom stereocenters. The highest BCUT2D eigenvalue weighted by Crippen LogP contribution is 2.36. The Morgan fingerprint density at radius 3 is 1.85 bits per heavy atom. The summed E-state index contributed by atoms with van der Waals surface area (Å²) in [7, 11) is 2.60. The van der Waals surface area contributed by atoms with Crippen molar-refractivity contribution in [1.29, 1.82) is 0 Å². The lowest BCUT2D eigenvalue weighted by Crippen LogP contribution is -2.10. The molecule has 0 spiro atoms. The summed E-state index contributed by atoms with van der Waals surface area (Å²) in [5.41, 5.74) is 3.24. The van der Waals surface area contributed by atoms with Crippen LogP contribution in [0.1, 0.15) is 20.7 Å². The standard InChI is InChI=1S/C22H17ClO4/c1-26-21(24)18-13-19(22(25)27-2)17(15-10-6-7-11-20(15)23)12-16(18)14-8-4-3-5-9-14/h3-13H,1-2H3. The van der Waals surface area contributed by atoms with E-state index >= 15 is 0 Å². The van der Waals surface area contributed by atoms with Gasteiger partial charge in [0.1, 0.15) is 0 Å². The van der Waals surface area contributed by atoms with E-state index in [-0.39, 0.29) is 11.1 Å². The largest absolute Gasteiger partial charge is 0.465 e. The fraction of sp³-hybridized carbons (Fsp3) is 0.0909. The maximum atomic E-state index is 12.4. The number of carbonyl (C=O) groups excluding carboxylic acids is 2. The maximum Gasteiger partial charge on any atom is 0.338 e. The zero-order valence-electron chi connectivity index (χ0n) is 14.9. The predicted molar refractivity (Wildman–Crippen MR) is 105 cm³/mol. The Kier molecular flexibility index (Phi) is 5.57. The number of hydrogen-bond acceptors (Lipinski definition) is 4. The molecule has 0 fully saturated rings. The molecule has 0 aromatic heterocycles. The van der Waals surface area contributed by atoms with Crippen molar-refractivity contribution in [2.75, 3.05) is 14.2 Å². The van der Waals surface area contributed by atoms with Crippen molar-refractivity contribution < 1.29 is 19.1 Å². The van der Waals surface area contributed by atoms with E-state index in [4.69, 9.17) is 21.1 Å². The van der Waals surface area contributed by atoms with Gasteiger partial charge in [-0.05, 0) is 34.9 Å². The molecule has 0 unspecified atom stereocenters. The molecule has 0 aliphatic heterocycles. The summed E-state index contributed by atoms with van der Waals surface area (Å²) in [6.45, 7) is 0. The Bertz CT molecular complexity index is 996. The number of halogens is 1. The SMILES string of the molecule is COC(=O)c1cc(C(=O)OC)c(-c2ccccc2Cl)cc1-c1ccccc1. The number of methoxy groups -OCH3 is 2. The van der Waals surface area contributed by atoms with Gasteiger partial charge in [0.25, 0.3) is 0 Å². The summed E-state index contributed by atoms with van der Waals surface area (Å²) in [5.74, 6) is -1.10. The Hall–Kier alpha value is -3.11. The van der Waals surface area contributed by atoms with Crippen LogP contribution in [0.25, 0.3) is 22.3 Å². The molecule has 0 saturated carbocycles. The summed E-state index contributed by atoms with van der Waals surface area (Å²) in [6.07, 6.45) is 0. The summed E-state index contributed by atoms with van der Waals surface area (Å²) in [6, 6.07) is 19.9. The first-order valence-electron chi connectivity index (χ1n) is 8.21. The third-order valence-corrected chi connectivity index (χ3v) is 4.55. The van der Waals surface area contributed by atoms with Crippen molar-refractivity contribution in [2.24, 2.45) is 0 Å². The molecule has 3 rings (SSSR count). The van der Waals surface area contributed by atoms with Gasteiger partial charge in [-0.15, -0.1) is 0 Å². The van der Waals surface area contributed by atoms with E-state index in [0.717, 1.165) is 5.56 Å². The lowest BCUT2D eigenvalue weighted by molar-refractivity contribution is 0.0600. The molecule has 0 radical (unpaired) electrons. The van der Waals surface area contributed by atoms with Crippen LogP contribution in [0.4, 0.5) is 0 Å². The fourth-order valence-electron chi connectivity index (χ4n) is 2.92. The lowest BCUT2D eigenvalue weighted by atomic mass is 9.90. The van der Waals surface area contributed by atoms with Crippen molar-refractivity contribution in [3.8, 4) is 22.3 Å². The first kappa shape index (κ1) is 18.7. The first-order valence-corrected chi connectivity index (χ1v) is 8.59. The van der Waals surface area contributed by atoms with Crippen molar-refractivity contribution in [1.82, 2.24) is 0 Å². The number of carbonyl (C=O) groups is 2. The molecule has 0 N–H and O–H groups in total. The number of benzene rings is 3. The predicted octanol–water partition coefficient (Wildman–Crippen LogP) is 5.25. The monoisotopic (exact) mass is 380 g/mol. The summed E-state index contributed by atoms with van der Waals surface area (Å²) >= 11 is 6.36. The minimum atomic E-state index is -0.560. The van der Waals surface area contributed by atoms with Crippen molar-refractivity contribution in [2.45, 2.75) is 0 Å². The Morgan fingerprint density at radius 1 is 0.704 bits per heavy atom. The van der Waals surface area contributed by atoms with Gasteiger partial charge in [0.05, 0.1) is 25.3 Å². The Morgan fingerprint density at radius 2 is 1.26 bits per heavy atom. The molecule has 3 aromatic rings. The van der Waals surface area contributed by atoms with Crippen LogP contribution < -0.4 is 0 Å². The summed E-state index contributed by atoms with van der Waals surface area (Å²) < 4.78 is 9.84. The first-order chi connectivity index (χ1) is 13.1. The molecule has 3 aromatic carbocycles. The highest BCUT2D eigenvalue weighted by molar-refractivity contribution is 6.33. The van der Waals surface area contributed by atoms with Crippen LogP contribution in [-0.4, -0.2) is 26.2 Å². The smallest absolute Gasteiger partial charge is 0.338 e. The van der Waals surface area contributed by atoms with Gasteiger partial charge in [-0.25, -0.2) is 9.59 Å². The lowest BCUT2D eigenvalue weighted by Gasteiger charge is -2.16. The highest BCUT2D eigenvalue weighted by atomic mass is 35.5. The van der Waals surface area contributed by atoms with Crippen LogP contribution >= 0.6 is 11.6 Å². The van der Waals surface area contributed by atoms with E-state index in [1.54, 1.807) is 12.1 Å². The van der Waals surface area contributed by atoms with Gasteiger partial charge in [0.2, 0.25) is 0 Å². The van der Waals surface area contributed by atoms with E-state index in [0.29, 0.717) is 21.7 Å². The molecule has 136 valence electrons. The summed E-state index contributed by atoms with van der Waals surface area (Å²) in [4.78, 5) is 24.8. The van der Waals surface area contributed by atoms with Crippen LogP contribution in [0.15, 0.2) is 66.7 Å². The van der Waals surface area contributed by atoms with E-state index in [1.807, 2.05) is 48.5 Å². The van der Waals surface area contributed by atoms with Crippen molar-refractivity contribution in [3.05, 3.63) is 82.9 Å². The van der Waals surface area contributed by atoms with Crippen LogP contribution in [0.5, 0.6) is 0 Å².